The second-order valence-corrected chi connectivity index (χ2v) is 16.5. The van der Waals surface area contributed by atoms with Crippen molar-refractivity contribution in [2.24, 2.45) is 11.8 Å². The third-order valence-electron chi connectivity index (χ3n) is 7.55. The SMILES string of the molecule is CC(C)(C)OC(=O)N1CCC2C(C[C@H]1CO[Si](c1ccccc1)(c1ccccc1)C(C)(C)C)C2(F)F. The Balaban J connectivity index is 1.71. The standard InChI is InChI=1S/C29H39F2NO3Si/c1-27(2,3)35-26(33)32-18-17-24-25(29(24,30)31)19-21(32)20-34-36(28(4,5)6,22-13-9-7-10-14-22)23-15-11-8-12-16-23/h7-16,21,24-25H,17-20H2,1-6H3/t21-,24?,25?/m0/s1. The molecule has 4 rings (SSSR count). The van der Waals surface area contributed by atoms with E-state index >= 15 is 0 Å². The second kappa shape index (κ2) is 9.56. The highest BCUT2D eigenvalue weighted by Gasteiger charge is 2.69. The van der Waals surface area contributed by atoms with Crippen molar-refractivity contribution >= 4 is 24.8 Å². The first-order chi connectivity index (χ1) is 16.8. The maximum Gasteiger partial charge on any atom is 0.410 e. The normalized spacial score (nSPS) is 24.0. The minimum Gasteiger partial charge on any atom is -0.444 e. The molecule has 1 saturated carbocycles. The third kappa shape index (κ3) is 5.10. The molecule has 196 valence electrons. The number of rotatable bonds is 5. The van der Waals surface area contributed by atoms with E-state index in [0.29, 0.717) is 0 Å². The Kier molecular flexibility index (Phi) is 7.12. The Labute approximate surface area is 215 Å². The summed E-state index contributed by atoms with van der Waals surface area (Å²) < 4.78 is 41.7. The Bertz CT molecular complexity index is 1010. The van der Waals surface area contributed by atoms with Crippen molar-refractivity contribution in [3.63, 3.8) is 0 Å². The smallest absolute Gasteiger partial charge is 0.410 e. The number of alkyl halides is 2. The van der Waals surface area contributed by atoms with Gasteiger partial charge in [-0.05, 0) is 49.0 Å². The fraction of sp³-hybridized carbons (Fsp3) is 0.552. The van der Waals surface area contributed by atoms with Crippen molar-refractivity contribution in [1.29, 1.82) is 0 Å². The van der Waals surface area contributed by atoms with Gasteiger partial charge < -0.3 is 14.1 Å². The number of nitrogens with zero attached hydrogens (tertiary/aromatic N) is 1. The lowest BCUT2D eigenvalue weighted by atomic mass is 10.1. The number of carbonyl (C=O) groups excluding carboxylic acids is 1. The Morgan fingerprint density at radius 2 is 1.47 bits per heavy atom. The summed E-state index contributed by atoms with van der Waals surface area (Å²) in [5.41, 5.74) is -0.667. The molecule has 0 bridgehead atoms. The molecule has 1 aliphatic carbocycles. The second-order valence-electron chi connectivity index (χ2n) is 12.2. The van der Waals surface area contributed by atoms with Crippen LogP contribution in [0.3, 0.4) is 0 Å². The highest BCUT2D eigenvalue weighted by molar-refractivity contribution is 6.99. The monoisotopic (exact) mass is 515 g/mol. The predicted molar refractivity (Wildman–Crippen MR) is 141 cm³/mol. The van der Waals surface area contributed by atoms with Crippen molar-refractivity contribution in [3.05, 3.63) is 60.7 Å². The number of halogens is 2. The maximum absolute atomic E-state index is 14.5. The van der Waals surface area contributed by atoms with E-state index in [-0.39, 0.29) is 31.0 Å². The van der Waals surface area contributed by atoms with E-state index in [1.807, 2.05) is 57.2 Å². The summed E-state index contributed by atoms with van der Waals surface area (Å²) in [5, 5.41) is 2.00. The van der Waals surface area contributed by atoms with Crippen LogP contribution in [0.2, 0.25) is 5.04 Å². The molecule has 1 heterocycles. The lowest BCUT2D eigenvalue weighted by Gasteiger charge is -2.44. The molecular formula is C29H39F2NO3Si. The third-order valence-corrected chi connectivity index (χ3v) is 12.6. The fourth-order valence-corrected chi connectivity index (χ4v) is 10.4. The topological polar surface area (TPSA) is 38.8 Å². The summed E-state index contributed by atoms with van der Waals surface area (Å²) in [5.74, 6) is -4.03. The van der Waals surface area contributed by atoms with Gasteiger partial charge >= 0.3 is 6.09 Å². The van der Waals surface area contributed by atoms with Crippen molar-refractivity contribution in [2.45, 2.75) is 77.0 Å². The zero-order chi connectivity index (χ0) is 26.4. The maximum atomic E-state index is 14.5. The van der Waals surface area contributed by atoms with Crippen molar-refractivity contribution in [2.75, 3.05) is 13.2 Å². The summed E-state index contributed by atoms with van der Waals surface area (Å²) in [6, 6.07) is 20.0. The van der Waals surface area contributed by atoms with Gasteiger partial charge in [-0.15, -0.1) is 0 Å². The number of amides is 1. The van der Waals surface area contributed by atoms with Gasteiger partial charge in [0.1, 0.15) is 5.60 Å². The molecule has 1 saturated heterocycles. The van der Waals surface area contributed by atoms with Crippen molar-refractivity contribution < 1.29 is 22.7 Å². The number of likely N-dealkylation sites (tertiary alicyclic amines) is 1. The van der Waals surface area contributed by atoms with Crippen LogP contribution in [0.25, 0.3) is 0 Å². The van der Waals surface area contributed by atoms with Gasteiger partial charge in [0.25, 0.3) is 14.2 Å². The average molecular weight is 516 g/mol. The first kappa shape index (κ1) is 26.8. The van der Waals surface area contributed by atoms with Crippen LogP contribution in [0.15, 0.2) is 60.7 Å². The predicted octanol–water partition coefficient (Wildman–Crippen LogP) is 5.84. The van der Waals surface area contributed by atoms with Crippen molar-refractivity contribution in [1.82, 2.24) is 4.90 Å². The molecule has 2 aromatic carbocycles. The number of carbonyl (C=O) groups is 1. The molecule has 1 aliphatic heterocycles. The molecule has 36 heavy (non-hydrogen) atoms. The molecule has 0 aromatic heterocycles. The molecule has 4 nitrogen and oxygen atoms in total. The highest BCUT2D eigenvalue weighted by Crippen LogP contribution is 2.60. The minimum absolute atomic E-state index is 0.186. The van der Waals surface area contributed by atoms with Gasteiger partial charge in [-0.2, -0.15) is 0 Å². The lowest BCUT2D eigenvalue weighted by molar-refractivity contribution is 0.00248. The molecule has 0 N–H and O–H groups in total. The quantitative estimate of drug-likeness (QED) is 0.470. The summed E-state index contributed by atoms with van der Waals surface area (Å²) >= 11 is 0. The van der Waals surface area contributed by atoms with Crippen LogP contribution >= 0.6 is 0 Å². The van der Waals surface area contributed by atoms with E-state index in [0.717, 1.165) is 10.4 Å². The van der Waals surface area contributed by atoms with Gasteiger partial charge in [0.15, 0.2) is 0 Å². The van der Waals surface area contributed by atoms with Gasteiger partial charge in [0.05, 0.1) is 12.6 Å². The van der Waals surface area contributed by atoms with Gasteiger partial charge in [-0.1, -0.05) is 81.4 Å². The summed E-state index contributed by atoms with van der Waals surface area (Å²) in [6.07, 6.45) is 0.0463. The summed E-state index contributed by atoms with van der Waals surface area (Å²) in [7, 11) is -2.87. The van der Waals surface area contributed by atoms with E-state index in [9.17, 15) is 13.6 Å². The molecular weight excluding hydrogens is 476 g/mol. The van der Waals surface area contributed by atoms with E-state index in [4.69, 9.17) is 9.16 Å². The zero-order valence-electron chi connectivity index (χ0n) is 22.3. The molecule has 2 aliphatic rings. The van der Waals surface area contributed by atoms with Crippen LogP contribution in [-0.4, -0.2) is 50.0 Å². The Morgan fingerprint density at radius 3 is 1.94 bits per heavy atom. The van der Waals surface area contributed by atoms with Gasteiger partial charge in [-0.3, -0.25) is 0 Å². The first-order valence-electron chi connectivity index (χ1n) is 12.9. The Morgan fingerprint density at radius 1 is 0.944 bits per heavy atom. The largest absolute Gasteiger partial charge is 0.444 e. The minimum atomic E-state index is -2.87. The molecule has 2 aromatic rings. The van der Waals surface area contributed by atoms with Crippen LogP contribution < -0.4 is 10.4 Å². The van der Waals surface area contributed by atoms with E-state index in [1.54, 1.807) is 4.90 Å². The van der Waals surface area contributed by atoms with Crippen LogP contribution in [0.4, 0.5) is 13.6 Å². The van der Waals surface area contributed by atoms with E-state index in [1.165, 1.54) is 0 Å². The number of hydrogen-bond acceptors (Lipinski definition) is 3. The zero-order valence-corrected chi connectivity index (χ0v) is 23.3. The van der Waals surface area contributed by atoms with Crippen LogP contribution in [0, 0.1) is 11.8 Å². The lowest BCUT2D eigenvalue weighted by Crippen LogP contribution is -2.67. The molecule has 3 atom stereocenters. The summed E-state index contributed by atoms with van der Waals surface area (Å²) in [4.78, 5) is 14.8. The van der Waals surface area contributed by atoms with Gasteiger partial charge in [-0.25, -0.2) is 13.6 Å². The van der Waals surface area contributed by atoms with E-state index in [2.05, 4.69) is 45.0 Å². The number of benzene rings is 2. The van der Waals surface area contributed by atoms with Crippen LogP contribution in [-0.2, 0) is 9.16 Å². The summed E-state index contributed by atoms with van der Waals surface area (Å²) in [6.45, 7) is 12.5. The molecule has 7 heteroatoms. The number of fused-ring (bicyclic) bond motifs is 1. The molecule has 2 unspecified atom stereocenters. The van der Waals surface area contributed by atoms with Gasteiger partial charge in [0.2, 0.25) is 0 Å². The van der Waals surface area contributed by atoms with E-state index < -0.39 is 43.8 Å². The molecule has 1 amide bonds. The van der Waals surface area contributed by atoms with Crippen LogP contribution in [0.1, 0.15) is 54.4 Å². The number of ether oxygens (including phenoxy) is 1. The average Bonchev–Trinajstić information content (AvgIpc) is 3.38. The fourth-order valence-electron chi connectivity index (χ4n) is 5.76. The first-order valence-corrected chi connectivity index (χ1v) is 14.8. The van der Waals surface area contributed by atoms with Crippen molar-refractivity contribution in [3.8, 4) is 0 Å². The van der Waals surface area contributed by atoms with Crippen LogP contribution in [0.5, 0.6) is 0 Å². The molecule has 0 radical (unpaired) electrons. The Hall–Kier alpha value is -2.25. The number of hydrogen-bond donors (Lipinski definition) is 0. The molecule has 0 spiro atoms. The molecule has 2 fully saturated rings. The van der Waals surface area contributed by atoms with Gasteiger partial charge in [0, 0.05) is 18.4 Å². The highest BCUT2D eigenvalue weighted by atomic mass is 28.4.